The lowest BCUT2D eigenvalue weighted by Gasteiger charge is -2.15. The number of nitrogens with zero attached hydrogens (tertiary/aromatic N) is 1. The van der Waals surface area contributed by atoms with Crippen molar-refractivity contribution in [2.45, 2.75) is 32.2 Å². The molecule has 6 heteroatoms. The second-order valence-corrected chi connectivity index (χ2v) is 6.33. The monoisotopic (exact) mass is 280 g/mol. The Balaban J connectivity index is 1.66. The van der Waals surface area contributed by atoms with Gasteiger partial charge in [0.1, 0.15) is 5.01 Å². The molecule has 0 saturated heterocycles. The molecule has 2 aliphatic carbocycles. The highest BCUT2D eigenvalue weighted by atomic mass is 32.1. The lowest BCUT2D eigenvalue weighted by molar-refractivity contribution is -0.140. The number of carboxylic acids is 1. The number of rotatable bonds is 5. The van der Waals surface area contributed by atoms with Gasteiger partial charge < -0.3 is 10.4 Å². The summed E-state index contributed by atoms with van der Waals surface area (Å²) in [6.07, 6.45) is 2.68. The van der Waals surface area contributed by atoms with Crippen LogP contribution in [0.1, 0.15) is 36.0 Å². The predicted octanol–water partition coefficient (Wildman–Crippen LogP) is 1.74. The molecule has 5 nitrogen and oxygen atoms in total. The van der Waals surface area contributed by atoms with Crippen LogP contribution in [0.15, 0.2) is 5.38 Å². The molecule has 0 bridgehead atoms. The van der Waals surface area contributed by atoms with Gasteiger partial charge >= 0.3 is 5.97 Å². The number of carbonyl (C=O) groups is 2. The first-order valence-electron chi connectivity index (χ1n) is 6.51. The normalized spacial score (nSPS) is 26.8. The van der Waals surface area contributed by atoms with Crippen molar-refractivity contribution in [2.24, 2.45) is 17.8 Å². The molecule has 1 aromatic rings. The number of hydrogen-bond donors (Lipinski definition) is 2. The van der Waals surface area contributed by atoms with Crippen LogP contribution in [-0.4, -0.2) is 22.0 Å². The highest BCUT2D eigenvalue weighted by molar-refractivity contribution is 7.09. The van der Waals surface area contributed by atoms with E-state index < -0.39 is 11.9 Å². The zero-order valence-electron chi connectivity index (χ0n) is 10.6. The molecule has 3 atom stereocenters. The smallest absolute Gasteiger partial charge is 0.307 e. The first-order chi connectivity index (χ1) is 9.06. The van der Waals surface area contributed by atoms with E-state index in [4.69, 9.17) is 5.11 Å². The van der Waals surface area contributed by atoms with Crippen LogP contribution >= 0.6 is 11.3 Å². The van der Waals surface area contributed by atoms with Crippen LogP contribution in [0.5, 0.6) is 0 Å². The second-order valence-electron chi connectivity index (χ2n) is 5.44. The summed E-state index contributed by atoms with van der Waals surface area (Å²) in [6, 6.07) is -0.0266. The van der Waals surface area contributed by atoms with E-state index in [-0.39, 0.29) is 17.9 Å². The molecule has 1 aromatic heterocycles. The van der Waals surface area contributed by atoms with Gasteiger partial charge in [0.25, 0.3) is 0 Å². The summed E-state index contributed by atoms with van der Waals surface area (Å²) < 4.78 is 0. The summed E-state index contributed by atoms with van der Waals surface area (Å²) in [5.41, 5.74) is 0.967. The number of aliphatic carboxylic acids is 1. The third-order valence-corrected chi connectivity index (χ3v) is 4.78. The molecule has 2 aliphatic rings. The Morgan fingerprint density at radius 2 is 2.21 bits per heavy atom. The lowest BCUT2D eigenvalue weighted by atomic mass is 10.2. The first-order valence-corrected chi connectivity index (χ1v) is 7.39. The molecule has 2 saturated carbocycles. The van der Waals surface area contributed by atoms with E-state index in [9.17, 15) is 9.59 Å². The molecule has 2 fully saturated rings. The average molecular weight is 280 g/mol. The molecular formula is C13H16N2O3S. The molecule has 102 valence electrons. The van der Waals surface area contributed by atoms with Crippen LogP contribution in [0, 0.1) is 24.7 Å². The Morgan fingerprint density at radius 1 is 1.47 bits per heavy atom. The van der Waals surface area contributed by atoms with Gasteiger partial charge in [0.05, 0.1) is 17.9 Å². The van der Waals surface area contributed by atoms with E-state index in [1.807, 2.05) is 12.3 Å². The largest absolute Gasteiger partial charge is 0.481 e. The average Bonchev–Trinajstić information content (AvgIpc) is 3.23. The summed E-state index contributed by atoms with van der Waals surface area (Å²) in [5.74, 6) is -1.36. The van der Waals surface area contributed by atoms with Gasteiger partial charge in [0, 0.05) is 11.1 Å². The Morgan fingerprint density at radius 3 is 2.68 bits per heavy atom. The fraction of sp³-hybridized carbons (Fsp3) is 0.615. The summed E-state index contributed by atoms with van der Waals surface area (Å²) in [5, 5.41) is 14.8. The molecular weight excluding hydrogens is 264 g/mol. The highest BCUT2D eigenvalue weighted by Gasteiger charge is 2.49. The van der Waals surface area contributed by atoms with Crippen LogP contribution in [0.3, 0.4) is 0 Å². The minimum atomic E-state index is -0.867. The first kappa shape index (κ1) is 12.6. The minimum absolute atomic E-state index is 0.0266. The molecule has 2 N–H and O–H groups in total. The number of aryl methyl sites for hydroxylation is 1. The van der Waals surface area contributed by atoms with E-state index >= 15 is 0 Å². The highest BCUT2D eigenvalue weighted by Crippen LogP contribution is 2.44. The molecule has 0 aromatic carbocycles. The fourth-order valence-electron chi connectivity index (χ4n) is 2.34. The molecule has 19 heavy (non-hydrogen) atoms. The van der Waals surface area contributed by atoms with Gasteiger partial charge in [-0.15, -0.1) is 11.3 Å². The van der Waals surface area contributed by atoms with E-state index in [0.717, 1.165) is 23.5 Å². The molecule has 1 amide bonds. The minimum Gasteiger partial charge on any atom is -0.481 e. The van der Waals surface area contributed by atoms with Gasteiger partial charge in [-0.3, -0.25) is 9.59 Å². The van der Waals surface area contributed by atoms with Gasteiger partial charge in [-0.2, -0.15) is 0 Å². The van der Waals surface area contributed by atoms with Crippen molar-refractivity contribution in [1.82, 2.24) is 10.3 Å². The summed E-state index contributed by atoms with van der Waals surface area (Å²) in [7, 11) is 0. The van der Waals surface area contributed by atoms with E-state index in [1.165, 1.54) is 0 Å². The quantitative estimate of drug-likeness (QED) is 0.861. The van der Waals surface area contributed by atoms with Crippen LogP contribution < -0.4 is 5.32 Å². The molecule has 0 unspecified atom stereocenters. The standard InChI is InChI=1S/C13H16N2O3S/c1-6-5-19-12(14-6)10(7-2-3-7)15-11(16)8-4-9(8)13(17)18/h5,7-10H,2-4H2,1H3,(H,15,16)(H,17,18)/t8-,9+,10+/m0/s1. The molecule has 0 radical (unpaired) electrons. The van der Waals surface area contributed by atoms with Gasteiger partial charge in [0.15, 0.2) is 0 Å². The Hall–Kier alpha value is -1.43. The second kappa shape index (κ2) is 4.59. The Bertz CT molecular complexity index is 524. The lowest BCUT2D eigenvalue weighted by Crippen LogP contribution is -2.32. The number of carbonyl (C=O) groups excluding carboxylic acids is 1. The van der Waals surface area contributed by atoms with E-state index in [1.54, 1.807) is 11.3 Å². The topological polar surface area (TPSA) is 79.3 Å². The predicted molar refractivity (Wildman–Crippen MR) is 69.7 cm³/mol. The molecule has 3 rings (SSSR count). The van der Waals surface area contributed by atoms with Crippen LogP contribution in [0.25, 0.3) is 0 Å². The fourth-order valence-corrected chi connectivity index (χ4v) is 3.28. The summed E-state index contributed by atoms with van der Waals surface area (Å²) in [4.78, 5) is 27.3. The van der Waals surface area contributed by atoms with Crippen molar-refractivity contribution >= 4 is 23.2 Å². The number of nitrogens with one attached hydrogen (secondary N) is 1. The van der Waals surface area contributed by atoms with Crippen molar-refractivity contribution in [3.05, 3.63) is 16.1 Å². The van der Waals surface area contributed by atoms with Crippen molar-refractivity contribution in [3.8, 4) is 0 Å². The third kappa shape index (κ3) is 2.63. The molecule has 0 spiro atoms. The zero-order chi connectivity index (χ0) is 13.6. The van der Waals surface area contributed by atoms with Crippen molar-refractivity contribution < 1.29 is 14.7 Å². The maximum absolute atomic E-state index is 12.0. The summed E-state index contributed by atoms with van der Waals surface area (Å²) in [6.45, 7) is 1.94. The van der Waals surface area contributed by atoms with Crippen molar-refractivity contribution in [2.75, 3.05) is 0 Å². The van der Waals surface area contributed by atoms with E-state index in [2.05, 4.69) is 10.3 Å². The van der Waals surface area contributed by atoms with Gasteiger partial charge in [0.2, 0.25) is 5.91 Å². The van der Waals surface area contributed by atoms with Gasteiger partial charge in [-0.25, -0.2) is 4.98 Å². The number of hydrogen-bond acceptors (Lipinski definition) is 4. The number of carboxylic acid groups (broad SMARTS) is 1. The number of thiazole rings is 1. The maximum atomic E-state index is 12.0. The van der Waals surface area contributed by atoms with Crippen LogP contribution in [0.2, 0.25) is 0 Å². The number of aromatic nitrogens is 1. The Labute approximate surface area is 115 Å². The van der Waals surface area contributed by atoms with Crippen molar-refractivity contribution in [1.29, 1.82) is 0 Å². The third-order valence-electron chi connectivity index (χ3n) is 3.74. The summed E-state index contributed by atoms with van der Waals surface area (Å²) >= 11 is 1.57. The van der Waals surface area contributed by atoms with Gasteiger partial charge in [-0.1, -0.05) is 0 Å². The zero-order valence-corrected chi connectivity index (χ0v) is 11.4. The van der Waals surface area contributed by atoms with Gasteiger partial charge in [-0.05, 0) is 32.1 Å². The number of amides is 1. The maximum Gasteiger partial charge on any atom is 0.307 e. The molecule has 1 heterocycles. The van der Waals surface area contributed by atoms with Crippen LogP contribution in [0.4, 0.5) is 0 Å². The Kier molecular flexibility index (Phi) is 3.05. The van der Waals surface area contributed by atoms with E-state index in [0.29, 0.717) is 12.3 Å². The SMILES string of the molecule is Cc1csc([C@H](NC(=O)[C@H]2C[C@H]2C(=O)O)C2CC2)n1. The van der Waals surface area contributed by atoms with Crippen molar-refractivity contribution in [3.63, 3.8) is 0 Å². The molecule has 0 aliphatic heterocycles. The van der Waals surface area contributed by atoms with Crippen LogP contribution in [-0.2, 0) is 9.59 Å².